The monoisotopic (exact) mass is 216 g/mol. The summed E-state index contributed by atoms with van der Waals surface area (Å²) in [6.07, 6.45) is -0.367. The molecule has 4 nitrogen and oxygen atoms in total. The Hall–Kier alpha value is -0.770. The average molecular weight is 216 g/mol. The number of likely N-dealkylation sites (N-methyl/N-ethyl adjacent to an activating group) is 1. The second-order valence-electron chi connectivity index (χ2n) is 5.27. The Morgan fingerprint density at radius 3 is 2.13 bits per heavy atom. The number of hydrogen-bond acceptors (Lipinski definition) is 3. The molecule has 2 N–H and O–H groups in total. The van der Waals surface area contributed by atoms with E-state index in [-0.39, 0.29) is 11.6 Å². The Balaban J connectivity index is 3.90. The van der Waals surface area contributed by atoms with Gasteiger partial charge in [0.05, 0.1) is 0 Å². The van der Waals surface area contributed by atoms with Crippen molar-refractivity contribution in [1.82, 2.24) is 10.6 Å². The van der Waals surface area contributed by atoms with E-state index >= 15 is 0 Å². The Bertz CT molecular complexity index is 207. The van der Waals surface area contributed by atoms with E-state index in [0.29, 0.717) is 6.54 Å². The average Bonchev–Trinajstić information content (AvgIpc) is 1.98. The van der Waals surface area contributed by atoms with Crippen molar-refractivity contribution >= 4 is 6.09 Å². The van der Waals surface area contributed by atoms with E-state index in [4.69, 9.17) is 4.74 Å². The highest BCUT2D eigenvalue weighted by Gasteiger charge is 2.20. The van der Waals surface area contributed by atoms with Crippen molar-refractivity contribution in [2.75, 3.05) is 13.1 Å². The summed E-state index contributed by atoms with van der Waals surface area (Å²) >= 11 is 0. The summed E-state index contributed by atoms with van der Waals surface area (Å²) in [6, 6.07) is 0. The summed E-state index contributed by atoms with van der Waals surface area (Å²) in [6.45, 7) is 13.1. The van der Waals surface area contributed by atoms with Crippen molar-refractivity contribution in [3.05, 3.63) is 0 Å². The normalized spacial score (nSPS) is 12.4. The number of carbonyl (C=O) groups is 1. The van der Waals surface area contributed by atoms with E-state index < -0.39 is 5.60 Å². The molecule has 4 heteroatoms. The van der Waals surface area contributed by atoms with Gasteiger partial charge in [-0.25, -0.2) is 4.79 Å². The summed E-state index contributed by atoms with van der Waals surface area (Å²) in [5.41, 5.74) is -0.544. The zero-order valence-corrected chi connectivity index (χ0v) is 10.7. The van der Waals surface area contributed by atoms with Crippen LogP contribution in [0.25, 0.3) is 0 Å². The smallest absolute Gasteiger partial charge is 0.407 e. The Labute approximate surface area is 92.8 Å². The van der Waals surface area contributed by atoms with Crippen LogP contribution in [0.5, 0.6) is 0 Å². The summed E-state index contributed by atoms with van der Waals surface area (Å²) in [5, 5.41) is 6.01. The third kappa shape index (κ3) is 8.24. The maximum atomic E-state index is 11.3. The third-order valence-electron chi connectivity index (χ3n) is 1.73. The predicted molar refractivity (Wildman–Crippen MR) is 62.0 cm³/mol. The minimum Gasteiger partial charge on any atom is -0.444 e. The lowest BCUT2D eigenvalue weighted by molar-refractivity contribution is 0.0514. The second-order valence-corrected chi connectivity index (χ2v) is 5.27. The molecule has 0 fully saturated rings. The van der Waals surface area contributed by atoms with Gasteiger partial charge >= 0.3 is 6.09 Å². The number of nitrogens with one attached hydrogen (secondary N) is 2. The van der Waals surface area contributed by atoms with Crippen LogP contribution in [0.4, 0.5) is 4.79 Å². The number of amides is 1. The fraction of sp³-hybridized carbons (Fsp3) is 0.909. The molecular formula is C11H24N2O2. The molecule has 0 radical (unpaired) electrons. The number of hydrogen-bond donors (Lipinski definition) is 2. The van der Waals surface area contributed by atoms with Gasteiger partial charge in [-0.3, -0.25) is 0 Å². The van der Waals surface area contributed by atoms with E-state index in [1.807, 2.05) is 41.5 Å². The molecule has 0 aliphatic carbocycles. The molecule has 0 saturated carbocycles. The van der Waals surface area contributed by atoms with Crippen LogP contribution in [0.3, 0.4) is 0 Å². The summed E-state index contributed by atoms with van der Waals surface area (Å²) in [7, 11) is 0. The van der Waals surface area contributed by atoms with Gasteiger partial charge in [0.2, 0.25) is 0 Å². The van der Waals surface area contributed by atoms with Crippen molar-refractivity contribution < 1.29 is 9.53 Å². The maximum Gasteiger partial charge on any atom is 0.407 e. The second kappa shape index (κ2) is 5.35. The van der Waals surface area contributed by atoms with Crippen LogP contribution >= 0.6 is 0 Å². The lowest BCUT2D eigenvalue weighted by Gasteiger charge is -2.27. The van der Waals surface area contributed by atoms with E-state index in [0.717, 1.165) is 6.54 Å². The molecule has 0 aliphatic rings. The number of alkyl carbamates (subject to hydrolysis) is 1. The Morgan fingerprint density at radius 1 is 1.20 bits per heavy atom. The lowest BCUT2D eigenvalue weighted by atomic mass is 10.1. The maximum absolute atomic E-state index is 11.3. The van der Waals surface area contributed by atoms with Crippen LogP contribution in [0, 0.1) is 0 Å². The van der Waals surface area contributed by atoms with Gasteiger partial charge in [0, 0.05) is 12.1 Å². The van der Waals surface area contributed by atoms with Gasteiger partial charge < -0.3 is 15.4 Å². The number of ether oxygens (including phenoxy) is 1. The molecule has 0 saturated heterocycles. The van der Waals surface area contributed by atoms with Gasteiger partial charge in [0.25, 0.3) is 0 Å². The van der Waals surface area contributed by atoms with Gasteiger partial charge in [0.1, 0.15) is 5.60 Å². The van der Waals surface area contributed by atoms with Crippen LogP contribution < -0.4 is 10.6 Å². The largest absolute Gasteiger partial charge is 0.444 e. The van der Waals surface area contributed by atoms with Gasteiger partial charge in [-0.1, -0.05) is 6.92 Å². The Morgan fingerprint density at radius 2 is 1.73 bits per heavy atom. The quantitative estimate of drug-likeness (QED) is 0.754. The first kappa shape index (κ1) is 14.2. The van der Waals surface area contributed by atoms with E-state index in [9.17, 15) is 4.79 Å². The van der Waals surface area contributed by atoms with Crippen LogP contribution in [-0.2, 0) is 4.74 Å². The molecule has 0 aliphatic heterocycles. The van der Waals surface area contributed by atoms with Gasteiger partial charge in [-0.15, -0.1) is 0 Å². The molecule has 0 aromatic heterocycles. The minimum atomic E-state index is -0.438. The highest BCUT2D eigenvalue weighted by atomic mass is 16.6. The van der Waals surface area contributed by atoms with Crippen molar-refractivity contribution in [3.8, 4) is 0 Å². The first-order chi connectivity index (χ1) is 6.66. The summed E-state index contributed by atoms with van der Waals surface area (Å²) in [5.74, 6) is 0. The molecule has 0 bridgehead atoms. The highest BCUT2D eigenvalue weighted by molar-refractivity contribution is 5.67. The zero-order valence-electron chi connectivity index (χ0n) is 10.7. The van der Waals surface area contributed by atoms with E-state index in [1.54, 1.807) is 0 Å². The summed E-state index contributed by atoms with van der Waals surface area (Å²) in [4.78, 5) is 11.3. The van der Waals surface area contributed by atoms with Gasteiger partial charge in [-0.2, -0.15) is 0 Å². The molecule has 0 unspecified atom stereocenters. The lowest BCUT2D eigenvalue weighted by Crippen LogP contribution is -2.49. The molecule has 0 aromatic carbocycles. The molecule has 0 rings (SSSR count). The molecule has 0 spiro atoms. The number of carbonyl (C=O) groups excluding carboxylic acids is 1. The zero-order chi connectivity index (χ0) is 12.1. The van der Waals surface area contributed by atoms with Crippen LogP contribution in [0.15, 0.2) is 0 Å². The molecular weight excluding hydrogens is 192 g/mol. The fourth-order valence-electron chi connectivity index (χ4n) is 1.15. The molecule has 0 heterocycles. The Kier molecular flexibility index (Phi) is 5.08. The van der Waals surface area contributed by atoms with Crippen molar-refractivity contribution in [2.24, 2.45) is 0 Å². The number of rotatable bonds is 4. The first-order valence-electron chi connectivity index (χ1n) is 5.38. The van der Waals surface area contributed by atoms with Crippen LogP contribution in [0.1, 0.15) is 41.5 Å². The first-order valence-corrected chi connectivity index (χ1v) is 5.38. The standard InChI is InChI=1S/C11H24N2O2/c1-7-13-11(5,6)8-12-9(14)15-10(2,3)4/h13H,7-8H2,1-6H3,(H,12,14). The fourth-order valence-corrected chi connectivity index (χ4v) is 1.15. The molecule has 1 amide bonds. The highest BCUT2D eigenvalue weighted by Crippen LogP contribution is 2.07. The molecule has 90 valence electrons. The minimum absolute atomic E-state index is 0.106. The van der Waals surface area contributed by atoms with Crippen molar-refractivity contribution in [3.63, 3.8) is 0 Å². The van der Waals surface area contributed by atoms with Crippen molar-refractivity contribution in [2.45, 2.75) is 52.7 Å². The molecule has 0 aromatic rings. The van der Waals surface area contributed by atoms with Crippen LogP contribution in [-0.4, -0.2) is 30.3 Å². The summed E-state index contributed by atoms with van der Waals surface area (Å²) < 4.78 is 5.13. The predicted octanol–water partition coefficient (Wildman–Crippen LogP) is 1.90. The van der Waals surface area contributed by atoms with E-state index in [2.05, 4.69) is 10.6 Å². The topological polar surface area (TPSA) is 50.4 Å². The molecule has 0 atom stereocenters. The van der Waals surface area contributed by atoms with Crippen molar-refractivity contribution in [1.29, 1.82) is 0 Å². The third-order valence-corrected chi connectivity index (χ3v) is 1.73. The van der Waals surface area contributed by atoms with Gasteiger partial charge in [0.15, 0.2) is 0 Å². The van der Waals surface area contributed by atoms with Gasteiger partial charge in [-0.05, 0) is 41.2 Å². The van der Waals surface area contributed by atoms with Crippen LogP contribution in [0.2, 0.25) is 0 Å². The molecule has 15 heavy (non-hydrogen) atoms. The van der Waals surface area contributed by atoms with E-state index in [1.165, 1.54) is 0 Å². The SMILES string of the molecule is CCNC(C)(C)CNC(=O)OC(C)(C)C.